The van der Waals surface area contributed by atoms with Gasteiger partial charge in [0.1, 0.15) is 12.4 Å². The molecular weight excluding hydrogens is 334 g/mol. The second kappa shape index (κ2) is 8.73. The SMILES string of the molecule is COCCNCc1cc(OCC(C)(O)C(C)C)ccc1Br. The van der Waals surface area contributed by atoms with Gasteiger partial charge in [0.25, 0.3) is 0 Å². The predicted octanol–water partition coefficient (Wildman–Crippen LogP) is 2.97. The summed E-state index contributed by atoms with van der Waals surface area (Å²) >= 11 is 3.54. The molecule has 0 aliphatic rings. The Morgan fingerprint density at radius 2 is 2.10 bits per heavy atom. The molecule has 0 amide bonds. The molecule has 0 bridgehead atoms. The van der Waals surface area contributed by atoms with Crippen molar-refractivity contribution in [2.24, 2.45) is 5.92 Å². The number of nitrogens with one attached hydrogen (secondary N) is 1. The fourth-order valence-electron chi connectivity index (χ4n) is 1.57. The largest absolute Gasteiger partial charge is 0.491 e. The molecular formula is C16H26BrNO3. The van der Waals surface area contributed by atoms with Crippen molar-refractivity contribution in [3.63, 3.8) is 0 Å². The first-order chi connectivity index (χ1) is 9.86. The van der Waals surface area contributed by atoms with Gasteiger partial charge in [0, 0.05) is 24.7 Å². The summed E-state index contributed by atoms with van der Waals surface area (Å²) in [4.78, 5) is 0. The zero-order chi connectivity index (χ0) is 15.9. The summed E-state index contributed by atoms with van der Waals surface area (Å²) in [6.07, 6.45) is 0. The lowest BCUT2D eigenvalue weighted by molar-refractivity contribution is -0.0266. The third-order valence-electron chi connectivity index (χ3n) is 3.59. The molecule has 1 unspecified atom stereocenters. The normalized spacial score (nSPS) is 14.2. The van der Waals surface area contributed by atoms with Gasteiger partial charge in [0.2, 0.25) is 0 Å². The van der Waals surface area contributed by atoms with Crippen molar-refractivity contribution in [2.45, 2.75) is 32.9 Å². The summed E-state index contributed by atoms with van der Waals surface area (Å²) in [5, 5.41) is 13.5. The average Bonchev–Trinajstić information content (AvgIpc) is 2.43. The highest BCUT2D eigenvalue weighted by atomic mass is 79.9. The van der Waals surface area contributed by atoms with Crippen LogP contribution in [-0.4, -0.2) is 37.6 Å². The van der Waals surface area contributed by atoms with Crippen LogP contribution in [0, 0.1) is 5.92 Å². The Hall–Kier alpha value is -0.620. The van der Waals surface area contributed by atoms with E-state index in [4.69, 9.17) is 9.47 Å². The lowest BCUT2D eigenvalue weighted by Gasteiger charge is -2.27. The quantitative estimate of drug-likeness (QED) is 0.665. The number of halogens is 1. The number of benzene rings is 1. The van der Waals surface area contributed by atoms with Crippen molar-refractivity contribution < 1.29 is 14.6 Å². The van der Waals surface area contributed by atoms with E-state index in [1.54, 1.807) is 14.0 Å². The van der Waals surface area contributed by atoms with E-state index in [0.717, 1.165) is 28.9 Å². The van der Waals surface area contributed by atoms with Crippen molar-refractivity contribution in [3.8, 4) is 5.75 Å². The Labute approximate surface area is 136 Å². The zero-order valence-corrected chi connectivity index (χ0v) is 14.9. The molecule has 1 rings (SSSR count). The van der Waals surface area contributed by atoms with Crippen LogP contribution in [0.2, 0.25) is 0 Å². The zero-order valence-electron chi connectivity index (χ0n) is 13.3. The van der Waals surface area contributed by atoms with Gasteiger partial charge in [-0.2, -0.15) is 0 Å². The van der Waals surface area contributed by atoms with Crippen LogP contribution >= 0.6 is 15.9 Å². The molecule has 4 nitrogen and oxygen atoms in total. The number of ether oxygens (including phenoxy) is 2. The van der Waals surface area contributed by atoms with Crippen molar-refractivity contribution in [1.82, 2.24) is 5.32 Å². The molecule has 0 aliphatic heterocycles. The smallest absolute Gasteiger partial charge is 0.119 e. The van der Waals surface area contributed by atoms with E-state index < -0.39 is 5.60 Å². The highest BCUT2D eigenvalue weighted by Gasteiger charge is 2.25. The van der Waals surface area contributed by atoms with Gasteiger partial charge in [-0.25, -0.2) is 0 Å². The second-order valence-electron chi connectivity index (χ2n) is 5.72. The summed E-state index contributed by atoms with van der Waals surface area (Å²) in [7, 11) is 1.69. The standard InChI is InChI=1S/C16H26BrNO3/c1-12(2)16(3,19)11-21-14-5-6-15(17)13(9-14)10-18-7-8-20-4/h5-6,9,12,18-19H,7-8,10-11H2,1-4H3. The van der Waals surface area contributed by atoms with Crippen LogP contribution in [0.5, 0.6) is 5.75 Å². The van der Waals surface area contributed by atoms with E-state index in [1.807, 2.05) is 32.0 Å². The minimum atomic E-state index is -0.829. The van der Waals surface area contributed by atoms with Gasteiger partial charge in [-0.3, -0.25) is 0 Å². The number of hydrogen-bond acceptors (Lipinski definition) is 4. The van der Waals surface area contributed by atoms with E-state index in [-0.39, 0.29) is 12.5 Å². The Morgan fingerprint density at radius 1 is 1.38 bits per heavy atom. The first-order valence-corrected chi connectivity index (χ1v) is 7.99. The van der Waals surface area contributed by atoms with E-state index in [1.165, 1.54) is 0 Å². The van der Waals surface area contributed by atoms with Gasteiger partial charge in [0.15, 0.2) is 0 Å². The number of rotatable bonds is 9. The Kier molecular flexibility index (Phi) is 7.66. The van der Waals surface area contributed by atoms with Gasteiger partial charge in [0.05, 0.1) is 12.2 Å². The first kappa shape index (κ1) is 18.4. The molecule has 1 aromatic carbocycles. The molecule has 0 radical (unpaired) electrons. The number of hydrogen-bond donors (Lipinski definition) is 2. The summed E-state index contributed by atoms with van der Waals surface area (Å²) in [6.45, 7) is 8.27. The molecule has 0 fully saturated rings. The molecule has 120 valence electrons. The number of aliphatic hydroxyl groups is 1. The van der Waals surface area contributed by atoms with Crippen LogP contribution in [-0.2, 0) is 11.3 Å². The van der Waals surface area contributed by atoms with Crippen LogP contribution in [0.1, 0.15) is 26.3 Å². The van der Waals surface area contributed by atoms with Crippen LogP contribution in [0.3, 0.4) is 0 Å². The Morgan fingerprint density at radius 3 is 2.71 bits per heavy atom. The lowest BCUT2D eigenvalue weighted by Crippen LogP contribution is -2.37. The predicted molar refractivity (Wildman–Crippen MR) is 88.7 cm³/mol. The highest BCUT2D eigenvalue weighted by molar-refractivity contribution is 9.10. The maximum absolute atomic E-state index is 10.2. The Bertz CT molecular complexity index is 436. The van der Waals surface area contributed by atoms with Gasteiger partial charge < -0.3 is 19.9 Å². The summed E-state index contributed by atoms with van der Waals surface area (Å²) in [6, 6.07) is 5.85. The molecule has 0 heterocycles. The van der Waals surface area contributed by atoms with Crippen molar-refractivity contribution in [1.29, 1.82) is 0 Å². The van der Waals surface area contributed by atoms with Gasteiger partial charge in [-0.15, -0.1) is 0 Å². The molecule has 0 spiro atoms. The topological polar surface area (TPSA) is 50.7 Å². The molecule has 2 N–H and O–H groups in total. The van der Waals surface area contributed by atoms with E-state index in [9.17, 15) is 5.11 Å². The van der Waals surface area contributed by atoms with E-state index >= 15 is 0 Å². The first-order valence-electron chi connectivity index (χ1n) is 7.20. The molecule has 1 aromatic rings. The fraction of sp³-hybridized carbons (Fsp3) is 0.625. The fourth-order valence-corrected chi connectivity index (χ4v) is 1.96. The maximum atomic E-state index is 10.2. The van der Waals surface area contributed by atoms with Crippen LogP contribution in [0.4, 0.5) is 0 Å². The number of methoxy groups -OCH3 is 1. The minimum Gasteiger partial charge on any atom is -0.491 e. The van der Waals surface area contributed by atoms with Gasteiger partial charge in [-0.1, -0.05) is 29.8 Å². The lowest BCUT2D eigenvalue weighted by atomic mass is 9.94. The van der Waals surface area contributed by atoms with E-state index in [0.29, 0.717) is 6.61 Å². The third kappa shape index (κ3) is 6.34. The van der Waals surface area contributed by atoms with Crippen LogP contribution in [0.25, 0.3) is 0 Å². The van der Waals surface area contributed by atoms with Crippen molar-refractivity contribution in [3.05, 3.63) is 28.2 Å². The third-order valence-corrected chi connectivity index (χ3v) is 4.36. The van der Waals surface area contributed by atoms with Gasteiger partial charge >= 0.3 is 0 Å². The summed E-state index contributed by atoms with van der Waals surface area (Å²) < 4.78 is 11.8. The Balaban J connectivity index is 2.60. The van der Waals surface area contributed by atoms with Crippen molar-refractivity contribution in [2.75, 3.05) is 26.9 Å². The molecule has 1 atom stereocenters. The second-order valence-corrected chi connectivity index (χ2v) is 6.58. The highest BCUT2D eigenvalue weighted by Crippen LogP contribution is 2.24. The molecule has 21 heavy (non-hydrogen) atoms. The summed E-state index contributed by atoms with van der Waals surface area (Å²) in [5.41, 5.74) is 0.289. The molecule has 0 aromatic heterocycles. The molecule has 5 heteroatoms. The minimum absolute atomic E-state index is 0.142. The van der Waals surface area contributed by atoms with Crippen LogP contribution in [0.15, 0.2) is 22.7 Å². The van der Waals surface area contributed by atoms with Crippen LogP contribution < -0.4 is 10.1 Å². The summed E-state index contributed by atoms with van der Waals surface area (Å²) in [5.74, 6) is 0.908. The van der Waals surface area contributed by atoms with E-state index in [2.05, 4.69) is 21.2 Å². The molecule has 0 saturated carbocycles. The molecule has 0 aliphatic carbocycles. The van der Waals surface area contributed by atoms with Crippen molar-refractivity contribution >= 4 is 15.9 Å². The monoisotopic (exact) mass is 359 g/mol. The molecule has 0 saturated heterocycles. The average molecular weight is 360 g/mol. The maximum Gasteiger partial charge on any atom is 0.119 e. The van der Waals surface area contributed by atoms with Gasteiger partial charge in [-0.05, 0) is 36.6 Å².